The number of carbonyl (C=O) groups is 1. The fourth-order valence-corrected chi connectivity index (χ4v) is 5.14. The predicted octanol–water partition coefficient (Wildman–Crippen LogP) is 3.26. The number of likely N-dealkylation sites (tertiary alicyclic amines) is 2. The van der Waals surface area contributed by atoms with Gasteiger partial charge in [-0.2, -0.15) is 0 Å². The molecule has 3 aliphatic heterocycles. The van der Waals surface area contributed by atoms with Gasteiger partial charge in [-0.1, -0.05) is 18.2 Å². The van der Waals surface area contributed by atoms with E-state index in [-0.39, 0.29) is 18.3 Å². The molecule has 7 heteroatoms. The second-order valence-corrected chi connectivity index (χ2v) is 8.12. The summed E-state index contributed by atoms with van der Waals surface area (Å²) in [7, 11) is 3.86. The van der Waals surface area contributed by atoms with Gasteiger partial charge in [0.25, 0.3) is 5.91 Å². The van der Waals surface area contributed by atoms with Crippen LogP contribution in [0.1, 0.15) is 22.0 Å². The fourth-order valence-electron chi connectivity index (χ4n) is 5.14. The van der Waals surface area contributed by atoms with E-state index in [1.54, 1.807) is 7.11 Å². The van der Waals surface area contributed by atoms with Crippen molar-refractivity contribution in [2.24, 2.45) is 11.8 Å². The van der Waals surface area contributed by atoms with Gasteiger partial charge in [0.2, 0.25) is 0 Å². The summed E-state index contributed by atoms with van der Waals surface area (Å²) in [5, 5.41) is 0. The number of amides is 1. The lowest BCUT2D eigenvalue weighted by Gasteiger charge is -2.28. The Hall–Kier alpha value is -2.44. The van der Waals surface area contributed by atoms with Crippen molar-refractivity contribution in [3.8, 4) is 17.2 Å². The zero-order valence-electron chi connectivity index (χ0n) is 17.2. The first-order valence-electron chi connectivity index (χ1n) is 10.2. The molecule has 5 rings (SSSR count). The van der Waals surface area contributed by atoms with E-state index in [9.17, 15) is 4.79 Å². The van der Waals surface area contributed by atoms with Crippen molar-refractivity contribution >= 4 is 18.3 Å². The maximum Gasteiger partial charge on any atom is 0.257 e. The number of hydrogen-bond acceptors (Lipinski definition) is 5. The Labute approximate surface area is 183 Å². The summed E-state index contributed by atoms with van der Waals surface area (Å²) in [6.45, 7) is 3.54. The molecular weight excluding hydrogens is 404 g/mol. The van der Waals surface area contributed by atoms with Gasteiger partial charge in [0, 0.05) is 31.6 Å². The van der Waals surface area contributed by atoms with Crippen LogP contribution in [-0.4, -0.2) is 62.7 Å². The zero-order valence-corrected chi connectivity index (χ0v) is 18.1. The standard InChI is InChI=1S/C23H26N2O4.ClH/c1-24-12-16-13-25(14-19(16)21(24)15-6-8-17(27-2)9-7-15)23(26)18-4-3-5-20-22(18)29-11-10-28-20;/h3-9,16,19,21H,10-14H2,1-2H3;1H/t16-,19+,21+;/m0./s1. The van der Waals surface area contributed by atoms with Crippen molar-refractivity contribution in [2.45, 2.75) is 6.04 Å². The summed E-state index contributed by atoms with van der Waals surface area (Å²) >= 11 is 0. The topological polar surface area (TPSA) is 51.2 Å². The number of carbonyl (C=O) groups excluding carboxylic acids is 1. The van der Waals surface area contributed by atoms with E-state index >= 15 is 0 Å². The Balaban J connectivity index is 0.00000218. The van der Waals surface area contributed by atoms with Crippen LogP contribution in [-0.2, 0) is 0 Å². The maximum atomic E-state index is 13.3. The van der Waals surface area contributed by atoms with E-state index in [0.29, 0.717) is 48.2 Å². The van der Waals surface area contributed by atoms with Crippen molar-refractivity contribution in [2.75, 3.05) is 47.0 Å². The molecule has 0 saturated carbocycles. The normalized spacial score (nSPS) is 24.9. The third-order valence-corrected chi connectivity index (χ3v) is 6.44. The summed E-state index contributed by atoms with van der Waals surface area (Å²) < 4.78 is 16.7. The molecule has 0 spiro atoms. The van der Waals surface area contributed by atoms with Gasteiger partial charge in [-0.15, -0.1) is 12.4 Å². The number of benzene rings is 2. The lowest BCUT2D eigenvalue weighted by atomic mass is 9.89. The fraction of sp³-hybridized carbons (Fsp3) is 0.435. The number of rotatable bonds is 3. The van der Waals surface area contributed by atoms with Crippen LogP contribution in [0.2, 0.25) is 0 Å². The number of hydrogen-bond donors (Lipinski definition) is 0. The van der Waals surface area contributed by atoms with Gasteiger partial charge in [0.05, 0.1) is 12.7 Å². The summed E-state index contributed by atoms with van der Waals surface area (Å²) in [5.74, 6) is 3.06. The second-order valence-electron chi connectivity index (χ2n) is 8.12. The molecule has 1 amide bonds. The van der Waals surface area contributed by atoms with E-state index in [1.807, 2.05) is 35.2 Å². The minimum Gasteiger partial charge on any atom is -0.497 e. The van der Waals surface area contributed by atoms with E-state index < -0.39 is 0 Å². The molecule has 0 unspecified atom stereocenters. The molecule has 2 fully saturated rings. The van der Waals surface area contributed by atoms with E-state index in [2.05, 4.69) is 24.1 Å². The Bertz CT molecular complexity index is 920. The lowest BCUT2D eigenvalue weighted by molar-refractivity contribution is 0.0757. The first-order chi connectivity index (χ1) is 14.2. The third-order valence-electron chi connectivity index (χ3n) is 6.44. The van der Waals surface area contributed by atoms with Crippen molar-refractivity contribution in [1.29, 1.82) is 0 Å². The monoisotopic (exact) mass is 430 g/mol. The van der Waals surface area contributed by atoms with Crippen molar-refractivity contribution in [3.05, 3.63) is 53.6 Å². The Morgan fingerprint density at radius 3 is 2.57 bits per heavy atom. The van der Waals surface area contributed by atoms with Crippen LogP contribution in [0.15, 0.2) is 42.5 Å². The van der Waals surface area contributed by atoms with Gasteiger partial charge in [-0.25, -0.2) is 0 Å². The second kappa shape index (κ2) is 8.36. The largest absolute Gasteiger partial charge is 0.497 e. The molecule has 2 aromatic rings. The molecule has 30 heavy (non-hydrogen) atoms. The molecule has 3 heterocycles. The predicted molar refractivity (Wildman–Crippen MR) is 116 cm³/mol. The summed E-state index contributed by atoms with van der Waals surface area (Å²) in [4.78, 5) is 17.7. The molecule has 160 valence electrons. The quantitative estimate of drug-likeness (QED) is 0.748. The number of methoxy groups -OCH3 is 1. The minimum atomic E-state index is 0. The van der Waals surface area contributed by atoms with Crippen LogP contribution in [0.3, 0.4) is 0 Å². The summed E-state index contributed by atoms with van der Waals surface area (Å²) in [6, 6.07) is 14.2. The minimum absolute atomic E-state index is 0. The van der Waals surface area contributed by atoms with E-state index in [1.165, 1.54) is 5.56 Å². The average molecular weight is 431 g/mol. The Morgan fingerprint density at radius 1 is 1.03 bits per heavy atom. The first kappa shape index (κ1) is 20.8. The van der Waals surface area contributed by atoms with Gasteiger partial charge >= 0.3 is 0 Å². The molecule has 0 N–H and O–H groups in total. The number of halogens is 1. The van der Waals surface area contributed by atoms with Crippen molar-refractivity contribution in [3.63, 3.8) is 0 Å². The molecule has 0 bridgehead atoms. The first-order valence-corrected chi connectivity index (χ1v) is 10.2. The van der Waals surface area contributed by atoms with Gasteiger partial charge in [-0.3, -0.25) is 9.69 Å². The number of nitrogens with zero attached hydrogens (tertiary/aromatic N) is 2. The van der Waals surface area contributed by atoms with Crippen molar-refractivity contribution < 1.29 is 19.0 Å². The smallest absolute Gasteiger partial charge is 0.257 e. The van der Waals surface area contributed by atoms with Crippen LogP contribution in [0.25, 0.3) is 0 Å². The molecule has 2 saturated heterocycles. The van der Waals surface area contributed by atoms with Crippen LogP contribution < -0.4 is 14.2 Å². The molecule has 3 atom stereocenters. The Morgan fingerprint density at radius 2 is 1.80 bits per heavy atom. The van der Waals surface area contributed by atoms with Crippen LogP contribution >= 0.6 is 12.4 Å². The number of para-hydroxylation sites is 1. The molecule has 0 aromatic heterocycles. The number of ether oxygens (including phenoxy) is 3. The third kappa shape index (κ3) is 3.48. The van der Waals surface area contributed by atoms with Crippen LogP contribution in [0.4, 0.5) is 0 Å². The highest BCUT2D eigenvalue weighted by atomic mass is 35.5. The maximum absolute atomic E-state index is 13.3. The summed E-state index contributed by atoms with van der Waals surface area (Å²) in [6.07, 6.45) is 0. The van der Waals surface area contributed by atoms with E-state index in [0.717, 1.165) is 25.4 Å². The van der Waals surface area contributed by atoms with Gasteiger partial charge in [-0.05, 0) is 42.8 Å². The number of fused-ring (bicyclic) bond motifs is 2. The highest BCUT2D eigenvalue weighted by Crippen LogP contribution is 2.45. The average Bonchev–Trinajstić information content (AvgIpc) is 3.29. The molecule has 0 aliphatic carbocycles. The summed E-state index contributed by atoms with van der Waals surface area (Å²) in [5.41, 5.74) is 1.89. The van der Waals surface area contributed by atoms with Gasteiger partial charge in [0.1, 0.15) is 19.0 Å². The SMILES string of the molecule is COc1ccc([C@@H]2[C@@H]3CN(C(=O)c4cccc5c4OCCO5)C[C@@H]3CN2C)cc1.Cl. The highest BCUT2D eigenvalue weighted by molar-refractivity contribution is 5.98. The van der Waals surface area contributed by atoms with Crippen LogP contribution in [0, 0.1) is 11.8 Å². The molecule has 6 nitrogen and oxygen atoms in total. The van der Waals surface area contributed by atoms with E-state index in [4.69, 9.17) is 14.2 Å². The molecule has 0 radical (unpaired) electrons. The Kier molecular flexibility index (Phi) is 5.80. The van der Waals surface area contributed by atoms with Crippen LogP contribution in [0.5, 0.6) is 17.2 Å². The van der Waals surface area contributed by atoms with Gasteiger partial charge < -0.3 is 19.1 Å². The van der Waals surface area contributed by atoms with Crippen molar-refractivity contribution in [1.82, 2.24) is 9.80 Å². The molecular formula is C23H27ClN2O4. The zero-order chi connectivity index (χ0) is 20.0. The molecule has 2 aromatic carbocycles. The molecule has 3 aliphatic rings. The lowest BCUT2D eigenvalue weighted by Crippen LogP contribution is -2.34. The highest BCUT2D eigenvalue weighted by Gasteiger charge is 2.47. The van der Waals surface area contributed by atoms with Gasteiger partial charge in [0.15, 0.2) is 11.5 Å².